The second kappa shape index (κ2) is 14.2. The predicted octanol–water partition coefficient (Wildman–Crippen LogP) is -0.467. The summed E-state index contributed by atoms with van der Waals surface area (Å²) in [5, 5.41) is -1.66. The number of nitrogens with zero attached hydrogens (tertiary/aromatic N) is 1. The Kier molecular flexibility index (Phi) is 12.2. The molecule has 1 heterocycles. The number of amides is 1. The SMILES string of the molecule is COC(=O)[C@@H]1N(C(C)=O)[C@H]([C@H](OC(C)=O)[C@@H](OC(C)=O)[C@@H](OC(C)=O)[C@@H](COC(C)=O)OC(C)=O)S(=O)C1(C)C. The summed E-state index contributed by atoms with van der Waals surface area (Å²) in [6, 6.07) is -1.44. The van der Waals surface area contributed by atoms with Crippen molar-refractivity contribution in [2.45, 2.75) is 96.0 Å². The zero-order valence-corrected chi connectivity index (χ0v) is 24.6. The van der Waals surface area contributed by atoms with Crippen LogP contribution in [0.1, 0.15) is 55.4 Å². The summed E-state index contributed by atoms with van der Waals surface area (Å²) in [7, 11) is -1.15. The standard InChI is InChI=1S/C24H35NO14S/c1-11(26)25-21(23(32)34-9)24(7,8)40(33)22(25)20(39-16(6)31)19(38-15(5)30)18(37-14(4)29)17(36-13(3)28)10-35-12(2)27/h17-22H,10H2,1-9H3/t17-,18+,19+,20-,21+,22+,40?/m1/s1. The van der Waals surface area contributed by atoms with Crippen molar-refractivity contribution in [2.24, 2.45) is 0 Å². The number of ether oxygens (including phenoxy) is 6. The van der Waals surface area contributed by atoms with Crippen LogP contribution in [0.4, 0.5) is 0 Å². The Bertz CT molecular complexity index is 1060. The molecule has 0 bridgehead atoms. The molecule has 0 aromatic rings. The monoisotopic (exact) mass is 593 g/mol. The highest BCUT2D eigenvalue weighted by molar-refractivity contribution is 7.87. The maximum Gasteiger partial charge on any atom is 0.330 e. The van der Waals surface area contributed by atoms with Gasteiger partial charge in [0.2, 0.25) is 5.91 Å². The lowest BCUT2D eigenvalue weighted by Gasteiger charge is -2.39. The molecule has 1 saturated heterocycles. The van der Waals surface area contributed by atoms with Crippen LogP contribution < -0.4 is 0 Å². The molecular weight excluding hydrogens is 558 g/mol. The average Bonchev–Trinajstić information content (AvgIpc) is 3.02. The van der Waals surface area contributed by atoms with E-state index in [0.29, 0.717) is 0 Å². The molecule has 16 heteroatoms. The zero-order valence-electron chi connectivity index (χ0n) is 23.7. The fourth-order valence-electron chi connectivity index (χ4n) is 4.30. The van der Waals surface area contributed by atoms with Gasteiger partial charge in [0.05, 0.1) is 22.7 Å². The van der Waals surface area contributed by atoms with E-state index in [1.807, 2.05) is 0 Å². The van der Waals surface area contributed by atoms with Gasteiger partial charge in [-0.05, 0) is 13.8 Å². The van der Waals surface area contributed by atoms with Crippen molar-refractivity contribution in [3.8, 4) is 0 Å². The molecule has 1 fully saturated rings. The third kappa shape index (κ3) is 8.47. The third-order valence-electron chi connectivity index (χ3n) is 5.71. The van der Waals surface area contributed by atoms with Gasteiger partial charge in [-0.15, -0.1) is 0 Å². The molecule has 1 amide bonds. The smallest absolute Gasteiger partial charge is 0.330 e. The van der Waals surface area contributed by atoms with Crippen molar-refractivity contribution in [3.63, 3.8) is 0 Å². The predicted molar refractivity (Wildman–Crippen MR) is 133 cm³/mol. The highest BCUT2D eigenvalue weighted by atomic mass is 32.2. The average molecular weight is 594 g/mol. The summed E-state index contributed by atoms with van der Waals surface area (Å²) in [5.74, 6) is -6.40. The van der Waals surface area contributed by atoms with Gasteiger partial charge in [-0.25, -0.2) is 4.79 Å². The van der Waals surface area contributed by atoms with Crippen LogP contribution in [0.3, 0.4) is 0 Å². The molecule has 1 rings (SSSR count). The Morgan fingerprint density at radius 3 is 1.62 bits per heavy atom. The molecule has 1 unspecified atom stereocenters. The van der Waals surface area contributed by atoms with Crippen molar-refractivity contribution < 1.29 is 66.2 Å². The molecule has 226 valence electrons. The van der Waals surface area contributed by atoms with Gasteiger partial charge in [0, 0.05) is 41.5 Å². The third-order valence-corrected chi connectivity index (χ3v) is 7.90. The Hall–Kier alpha value is -3.56. The van der Waals surface area contributed by atoms with E-state index >= 15 is 0 Å². The Balaban J connectivity index is 3.98. The number of hydrogen-bond acceptors (Lipinski definition) is 14. The van der Waals surface area contributed by atoms with Gasteiger partial charge in [-0.2, -0.15) is 0 Å². The van der Waals surface area contributed by atoms with Gasteiger partial charge < -0.3 is 33.3 Å². The van der Waals surface area contributed by atoms with Crippen LogP contribution in [0.2, 0.25) is 0 Å². The summed E-state index contributed by atoms with van der Waals surface area (Å²) in [4.78, 5) is 86.7. The number of esters is 6. The van der Waals surface area contributed by atoms with E-state index in [9.17, 15) is 37.8 Å². The molecule has 7 atom stereocenters. The zero-order chi connectivity index (χ0) is 31.1. The van der Waals surface area contributed by atoms with E-state index in [-0.39, 0.29) is 0 Å². The highest BCUT2D eigenvalue weighted by Crippen LogP contribution is 2.40. The van der Waals surface area contributed by atoms with Crippen LogP contribution in [0.5, 0.6) is 0 Å². The van der Waals surface area contributed by atoms with Gasteiger partial charge in [-0.1, -0.05) is 0 Å². The highest BCUT2D eigenvalue weighted by Gasteiger charge is 2.63. The molecule has 0 aromatic carbocycles. The van der Waals surface area contributed by atoms with Crippen LogP contribution >= 0.6 is 0 Å². The Morgan fingerprint density at radius 1 is 0.750 bits per heavy atom. The minimum absolute atomic E-state index is 0.697. The van der Waals surface area contributed by atoms with E-state index in [0.717, 1.165) is 53.6 Å². The van der Waals surface area contributed by atoms with Gasteiger partial charge >= 0.3 is 35.8 Å². The summed E-state index contributed by atoms with van der Waals surface area (Å²) >= 11 is 0. The Morgan fingerprint density at radius 2 is 1.23 bits per heavy atom. The molecule has 1 aliphatic rings. The minimum atomic E-state index is -2.22. The normalized spacial score (nSPS) is 22.5. The van der Waals surface area contributed by atoms with E-state index < -0.39 is 99.7 Å². The van der Waals surface area contributed by atoms with Crippen molar-refractivity contribution in [3.05, 3.63) is 0 Å². The van der Waals surface area contributed by atoms with Gasteiger partial charge in [-0.3, -0.25) is 33.0 Å². The first-order valence-corrected chi connectivity index (χ1v) is 13.2. The molecule has 0 N–H and O–H groups in total. The topological polar surface area (TPSA) is 195 Å². The summed E-state index contributed by atoms with van der Waals surface area (Å²) in [6.45, 7) is 8.17. The van der Waals surface area contributed by atoms with Crippen molar-refractivity contribution in [1.82, 2.24) is 4.90 Å². The first-order chi connectivity index (χ1) is 18.4. The molecule has 40 heavy (non-hydrogen) atoms. The molecule has 0 aliphatic carbocycles. The van der Waals surface area contributed by atoms with Crippen LogP contribution in [0, 0.1) is 0 Å². The van der Waals surface area contributed by atoms with E-state index in [4.69, 9.17) is 28.4 Å². The summed E-state index contributed by atoms with van der Waals surface area (Å²) in [5.41, 5.74) is 0. The van der Waals surface area contributed by atoms with Gasteiger partial charge in [0.25, 0.3) is 0 Å². The van der Waals surface area contributed by atoms with Crippen LogP contribution in [-0.4, -0.2) is 105 Å². The molecule has 1 aliphatic heterocycles. The Labute approximate surface area is 233 Å². The minimum Gasteiger partial charge on any atom is -0.467 e. The van der Waals surface area contributed by atoms with E-state index in [1.165, 1.54) is 13.8 Å². The van der Waals surface area contributed by atoms with E-state index in [1.54, 1.807) is 0 Å². The number of carbonyl (C=O) groups excluding carboxylic acids is 7. The lowest BCUT2D eigenvalue weighted by molar-refractivity contribution is -0.205. The summed E-state index contributed by atoms with van der Waals surface area (Å²) < 4.78 is 43.6. The number of carbonyl (C=O) groups is 7. The first-order valence-electron chi connectivity index (χ1n) is 12.0. The van der Waals surface area contributed by atoms with Crippen LogP contribution in [0.15, 0.2) is 0 Å². The second-order valence-electron chi connectivity index (χ2n) is 9.32. The largest absolute Gasteiger partial charge is 0.467 e. The fourth-order valence-corrected chi connectivity index (χ4v) is 6.29. The van der Waals surface area contributed by atoms with Crippen LogP contribution in [0.25, 0.3) is 0 Å². The van der Waals surface area contributed by atoms with E-state index in [2.05, 4.69) is 0 Å². The van der Waals surface area contributed by atoms with Crippen molar-refractivity contribution >= 4 is 52.5 Å². The second-order valence-corrected chi connectivity index (χ2v) is 11.4. The molecule has 0 radical (unpaired) electrons. The number of rotatable bonds is 11. The maximum atomic E-state index is 13.9. The van der Waals surface area contributed by atoms with Crippen molar-refractivity contribution in [2.75, 3.05) is 13.7 Å². The lowest BCUT2D eigenvalue weighted by Crippen LogP contribution is -2.60. The van der Waals surface area contributed by atoms with Crippen LogP contribution in [-0.2, 0) is 72.8 Å². The lowest BCUT2D eigenvalue weighted by atomic mass is 9.98. The quantitative estimate of drug-likeness (QED) is 0.220. The maximum absolute atomic E-state index is 13.9. The van der Waals surface area contributed by atoms with Gasteiger partial charge in [0.15, 0.2) is 24.4 Å². The first kappa shape index (κ1) is 34.5. The fraction of sp³-hybridized carbons (Fsp3) is 0.708. The molecule has 0 saturated carbocycles. The number of methoxy groups -OCH3 is 1. The van der Waals surface area contributed by atoms with Gasteiger partial charge in [0.1, 0.15) is 18.0 Å². The molecule has 0 spiro atoms. The molecular formula is C24H35NO14S. The van der Waals surface area contributed by atoms with Crippen molar-refractivity contribution in [1.29, 1.82) is 0 Å². The molecule has 15 nitrogen and oxygen atoms in total. The summed E-state index contributed by atoms with van der Waals surface area (Å²) in [6.07, 6.45) is -7.20. The number of hydrogen-bond donors (Lipinski definition) is 0. The molecule has 0 aromatic heterocycles.